The van der Waals surface area contributed by atoms with Gasteiger partial charge in [-0.2, -0.15) is 12.1 Å². The van der Waals surface area contributed by atoms with E-state index in [4.69, 9.17) is 0 Å². The Morgan fingerprint density at radius 1 is 0.473 bits per heavy atom. The predicted molar refractivity (Wildman–Crippen MR) is 215 cm³/mol. The first-order chi connectivity index (χ1) is 24.7. The number of aryl methyl sites for hydroxylation is 4. The van der Waals surface area contributed by atoms with Crippen LogP contribution in [0.15, 0.2) is 111 Å². The Balaban J connectivity index is 0.000000527. The molecule has 5 aromatic rings. The molecule has 11 heteroatoms. The van der Waals surface area contributed by atoms with Gasteiger partial charge in [0.15, 0.2) is 0 Å². The van der Waals surface area contributed by atoms with Crippen LogP contribution in [0.5, 0.6) is 23.0 Å². The normalized spacial score (nSPS) is 11.7. The van der Waals surface area contributed by atoms with Crippen molar-refractivity contribution < 1.29 is 83.6 Å². The SMILES string of the molecule is CC(=NCCN=C(C)c1ccc(C)cc1O)c1ccc(C)cc1O.CC(=Nc1c[c-]ccc1N=C(C)c1ccc(C)cc1O)c1ccc(C)cc1O.[Pt].[Pt].[W]. The van der Waals surface area contributed by atoms with Gasteiger partial charge in [0.1, 0.15) is 23.0 Å². The van der Waals surface area contributed by atoms with Crippen molar-refractivity contribution >= 4 is 34.2 Å². The maximum atomic E-state index is 10.2. The molecule has 5 rings (SSSR count). The standard InChI is InChI=1S/C24H23N2O2.C20H24N2O2.2Pt.W/c1-15-9-11-19(23(27)13-15)17(3)25-21-7-5-6-8-22(21)26-18(4)20-12-10-16(2)14-24(20)28;1-13-5-7-17(19(23)11-13)15(3)21-9-10-22-16(4)18-8-6-14(2)12-20(18)24;;;/h5,7-14,27-28H,1-4H3;5-8,11-12,23-24H,9-10H2,1-4H3;;;/q-1;;;;. The quantitative estimate of drug-likeness (QED) is 0.0666. The Kier molecular flexibility index (Phi) is 20.7. The smallest absolute Gasteiger partial charge is 0.124 e. The summed E-state index contributed by atoms with van der Waals surface area (Å²) in [7, 11) is 0. The molecule has 0 atom stereocenters. The van der Waals surface area contributed by atoms with Crippen LogP contribution in [0.1, 0.15) is 72.2 Å². The molecule has 0 aliphatic carbocycles. The van der Waals surface area contributed by atoms with Crippen LogP contribution in [0.25, 0.3) is 0 Å². The molecule has 4 N–H and O–H groups in total. The number of phenolic OH excluding ortho intramolecular Hbond substituents is 4. The van der Waals surface area contributed by atoms with E-state index in [2.05, 4.69) is 26.0 Å². The van der Waals surface area contributed by atoms with Crippen LogP contribution in [0, 0.1) is 33.8 Å². The van der Waals surface area contributed by atoms with Gasteiger partial charge >= 0.3 is 0 Å². The van der Waals surface area contributed by atoms with E-state index in [-0.39, 0.29) is 86.2 Å². The van der Waals surface area contributed by atoms with Crippen LogP contribution in [0.3, 0.4) is 0 Å². The summed E-state index contributed by atoms with van der Waals surface area (Å²) in [5.74, 6) is 0.905. The summed E-state index contributed by atoms with van der Waals surface area (Å²) in [4.78, 5) is 18.3. The number of rotatable bonds is 9. The third-order valence-electron chi connectivity index (χ3n) is 8.37. The topological polar surface area (TPSA) is 130 Å². The fourth-order valence-corrected chi connectivity index (χ4v) is 5.48. The van der Waals surface area contributed by atoms with Gasteiger partial charge in [0.05, 0.1) is 13.1 Å². The van der Waals surface area contributed by atoms with E-state index in [1.165, 1.54) is 0 Å². The van der Waals surface area contributed by atoms with Gasteiger partial charge in [-0.05, 0) is 138 Å². The second-order valence-electron chi connectivity index (χ2n) is 12.8. The second kappa shape index (κ2) is 23.2. The Bertz CT molecular complexity index is 2050. The van der Waals surface area contributed by atoms with E-state index in [1.54, 1.807) is 36.4 Å². The number of hydrogen-bond donors (Lipinski definition) is 4. The van der Waals surface area contributed by atoms with Crippen molar-refractivity contribution in [2.45, 2.75) is 55.4 Å². The van der Waals surface area contributed by atoms with Gasteiger partial charge in [-0.1, -0.05) is 24.3 Å². The molecule has 0 amide bonds. The van der Waals surface area contributed by atoms with Crippen molar-refractivity contribution in [3.63, 3.8) is 0 Å². The van der Waals surface area contributed by atoms with Crippen LogP contribution >= 0.6 is 0 Å². The molecule has 0 heterocycles. The van der Waals surface area contributed by atoms with Gasteiger partial charge in [0.25, 0.3) is 0 Å². The van der Waals surface area contributed by atoms with E-state index in [9.17, 15) is 20.4 Å². The van der Waals surface area contributed by atoms with E-state index < -0.39 is 0 Å². The molecule has 5 aromatic carbocycles. The van der Waals surface area contributed by atoms with Crippen LogP contribution in [0.4, 0.5) is 11.4 Å². The van der Waals surface area contributed by atoms with Crippen molar-refractivity contribution in [3.8, 4) is 23.0 Å². The number of phenols is 4. The molecule has 0 unspecified atom stereocenters. The summed E-state index contributed by atoms with van der Waals surface area (Å²) in [6.45, 7) is 16.3. The maximum Gasteiger partial charge on any atom is 0.124 e. The number of aromatic hydroxyl groups is 4. The largest absolute Gasteiger partial charge is 0.507 e. The third-order valence-corrected chi connectivity index (χ3v) is 8.37. The van der Waals surface area contributed by atoms with Crippen LogP contribution in [-0.4, -0.2) is 56.4 Å². The molecule has 0 aliphatic heterocycles. The third kappa shape index (κ3) is 14.2. The summed E-state index contributed by atoms with van der Waals surface area (Å²) in [5, 5.41) is 40.4. The summed E-state index contributed by atoms with van der Waals surface area (Å²) < 4.78 is 0. The molecular formula is C44H47N4O4Pt2W-. The summed E-state index contributed by atoms with van der Waals surface area (Å²) in [5.41, 5.74) is 11.1. The van der Waals surface area contributed by atoms with E-state index in [1.807, 2.05) is 110 Å². The fourth-order valence-electron chi connectivity index (χ4n) is 5.48. The zero-order valence-electron chi connectivity index (χ0n) is 32.2. The predicted octanol–water partition coefficient (Wildman–Crippen LogP) is 9.82. The molecule has 0 aliphatic rings. The van der Waals surface area contributed by atoms with Crippen molar-refractivity contribution in [2.75, 3.05) is 13.1 Å². The van der Waals surface area contributed by atoms with Gasteiger partial charge in [-0.15, -0.1) is 12.1 Å². The molecule has 294 valence electrons. The summed E-state index contributed by atoms with van der Waals surface area (Å²) >= 11 is 0. The Morgan fingerprint density at radius 3 is 1.11 bits per heavy atom. The molecule has 55 heavy (non-hydrogen) atoms. The van der Waals surface area contributed by atoms with Crippen LogP contribution in [0.2, 0.25) is 0 Å². The van der Waals surface area contributed by atoms with Crippen molar-refractivity contribution in [3.05, 3.63) is 142 Å². The number of aliphatic imine (C=N–C) groups is 4. The Labute approximate surface area is 368 Å². The molecule has 0 fully saturated rings. The first-order valence-corrected chi connectivity index (χ1v) is 17.1. The van der Waals surface area contributed by atoms with Gasteiger partial charge in [0, 0.05) is 108 Å². The fraction of sp³-hybridized carbons (Fsp3) is 0.227. The first-order valence-electron chi connectivity index (χ1n) is 17.1. The number of benzene rings is 5. The van der Waals surface area contributed by atoms with Gasteiger partial charge in [-0.3, -0.25) is 15.0 Å². The van der Waals surface area contributed by atoms with Crippen LogP contribution in [-0.2, 0) is 63.2 Å². The Hall–Kier alpha value is -3.96. The second-order valence-corrected chi connectivity index (χ2v) is 12.8. The number of nitrogens with zero attached hydrogens (tertiary/aromatic N) is 4. The summed E-state index contributed by atoms with van der Waals surface area (Å²) in [6.07, 6.45) is 0. The molecule has 0 bridgehead atoms. The monoisotopic (exact) mass is 1270 g/mol. The molecular weight excluding hydrogens is 1220 g/mol. The minimum atomic E-state index is 0. The van der Waals surface area contributed by atoms with Crippen molar-refractivity contribution in [2.24, 2.45) is 20.0 Å². The maximum absolute atomic E-state index is 10.2. The molecule has 0 saturated carbocycles. The zero-order chi connectivity index (χ0) is 37.9. The minimum absolute atomic E-state index is 0. The molecule has 0 aromatic heterocycles. The van der Waals surface area contributed by atoms with Gasteiger partial charge in [0.2, 0.25) is 0 Å². The molecule has 0 saturated heterocycles. The number of hydrogen-bond acceptors (Lipinski definition) is 8. The van der Waals surface area contributed by atoms with Crippen molar-refractivity contribution in [1.29, 1.82) is 0 Å². The molecule has 8 nitrogen and oxygen atoms in total. The zero-order valence-corrected chi connectivity index (χ0v) is 39.7. The van der Waals surface area contributed by atoms with Crippen LogP contribution < -0.4 is 0 Å². The van der Waals surface area contributed by atoms with Crippen molar-refractivity contribution in [1.82, 2.24) is 0 Å². The Morgan fingerprint density at radius 2 is 0.782 bits per heavy atom. The molecule has 0 spiro atoms. The average molecular weight is 1270 g/mol. The van der Waals surface area contributed by atoms with Gasteiger partial charge < -0.3 is 25.4 Å². The van der Waals surface area contributed by atoms with E-state index >= 15 is 0 Å². The van der Waals surface area contributed by atoms with Gasteiger partial charge in [-0.25, -0.2) is 0 Å². The first kappa shape index (κ1) is 49.1. The average Bonchev–Trinajstić information content (AvgIpc) is 3.07. The minimum Gasteiger partial charge on any atom is -0.507 e. The van der Waals surface area contributed by atoms with E-state index in [0.29, 0.717) is 47.0 Å². The van der Waals surface area contributed by atoms with E-state index in [0.717, 1.165) is 44.8 Å². The molecule has 0 radical (unpaired) electrons. The summed E-state index contributed by atoms with van der Waals surface area (Å²) in [6, 6.07) is 30.6.